The molecule has 2 aromatic carbocycles. The first-order chi connectivity index (χ1) is 17.0. The Labute approximate surface area is 223 Å². The summed E-state index contributed by atoms with van der Waals surface area (Å²) in [4.78, 5) is 28.5. The van der Waals surface area contributed by atoms with Gasteiger partial charge in [-0.15, -0.1) is 0 Å². The standard InChI is InChI=1S/C26H33Cl2N3O4S/c1-4-24(26(33)29-20-9-5-6-10-20)30(16-19-12-13-22(27)23(28)15-19)25(32)17-31(36(3,34)35)21-11-7-8-18(2)14-21/h7-8,11-15,20,24H,4-6,9-10,16-17H2,1-3H3,(H,29,33)/t24-/m0/s1. The highest BCUT2D eigenvalue weighted by atomic mass is 35.5. The highest BCUT2D eigenvalue weighted by Crippen LogP contribution is 2.25. The van der Waals surface area contributed by atoms with E-state index in [0.29, 0.717) is 27.7 Å². The fourth-order valence-electron chi connectivity index (χ4n) is 4.52. The fraction of sp³-hybridized carbons (Fsp3) is 0.462. The molecule has 1 fully saturated rings. The Hall–Kier alpha value is -2.29. The van der Waals surface area contributed by atoms with Crippen LogP contribution >= 0.6 is 23.2 Å². The Bertz CT molecular complexity index is 1200. The van der Waals surface area contributed by atoms with E-state index < -0.39 is 28.5 Å². The van der Waals surface area contributed by atoms with Crippen molar-refractivity contribution in [1.29, 1.82) is 0 Å². The monoisotopic (exact) mass is 553 g/mol. The summed E-state index contributed by atoms with van der Waals surface area (Å²) in [7, 11) is -3.77. The molecule has 0 spiro atoms. The average molecular weight is 555 g/mol. The topological polar surface area (TPSA) is 86.8 Å². The zero-order valence-corrected chi connectivity index (χ0v) is 23.2. The second-order valence-electron chi connectivity index (χ2n) is 9.29. The van der Waals surface area contributed by atoms with E-state index in [1.165, 1.54) is 4.90 Å². The molecule has 7 nitrogen and oxygen atoms in total. The predicted molar refractivity (Wildman–Crippen MR) is 145 cm³/mol. The normalized spacial score (nSPS) is 14.9. The van der Waals surface area contributed by atoms with Crippen LogP contribution in [0.2, 0.25) is 10.0 Å². The van der Waals surface area contributed by atoms with Crippen LogP contribution in [-0.2, 0) is 26.2 Å². The number of aryl methyl sites for hydroxylation is 1. The van der Waals surface area contributed by atoms with Crippen LogP contribution in [-0.4, -0.2) is 50.0 Å². The largest absolute Gasteiger partial charge is 0.352 e. The first-order valence-electron chi connectivity index (χ1n) is 12.1. The number of carbonyl (C=O) groups is 2. The summed E-state index contributed by atoms with van der Waals surface area (Å²) in [5.74, 6) is -0.722. The van der Waals surface area contributed by atoms with Crippen molar-refractivity contribution in [2.24, 2.45) is 0 Å². The van der Waals surface area contributed by atoms with Gasteiger partial charge in [-0.25, -0.2) is 8.42 Å². The predicted octanol–water partition coefficient (Wildman–Crippen LogP) is 4.93. The van der Waals surface area contributed by atoms with E-state index >= 15 is 0 Å². The molecule has 1 N–H and O–H groups in total. The number of amides is 2. The van der Waals surface area contributed by atoms with Crippen LogP contribution in [0.4, 0.5) is 5.69 Å². The van der Waals surface area contributed by atoms with Crippen LogP contribution in [0.1, 0.15) is 50.2 Å². The third-order valence-electron chi connectivity index (χ3n) is 6.39. The van der Waals surface area contributed by atoms with Crippen LogP contribution < -0.4 is 9.62 Å². The molecular weight excluding hydrogens is 521 g/mol. The molecular formula is C26H33Cl2N3O4S. The van der Waals surface area contributed by atoms with Crippen molar-refractivity contribution in [2.45, 2.75) is 64.6 Å². The number of nitrogens with one attached hydrogen (secondary N) is 1. The smallest absolute Gasteiger partial charge is 0.244 e. The number of carbonyl (C=O) groups excluding carboxylic acids is 2. The molecule has 10 heteroatoms. The summed E-state index contributed by atoms with van der Waals surface area (Å²) in [5.41, 5.74) is 1.94. The highest BCUT2D eigenvalue weighted by Gasteiger charge is 2.33. The van der Waals surface area contributed by atoms with Crippen LogP contribution in [0.3, 0.4) is 0 Å². The molecule has 0 bridgehead atoms. The van der Waals surface area contributed by atoms with Gasteiger partial charge in [-0.05, 0) is 61.6 Å². The van der Waals surface area contributed by atoms with Gasteiger partial charge in [-0.2, -0.15) is 0 Å². The lowest BCUT2D eigenvalue weighted by Crippen LogP contribution is -2.53. The van der Waals surface area contributed by atoms with Gasteiger partial charge in [0.25, 0.3) is 0 Å². The number of halogens is 2. The van der Waals surface area contributed by atoms with Crippen LogP contribution in [0.25, 0.3) is 0 Å². The molecule has 1 aliphatic carbocycles. The van der Waals surface area contributed by atoms with E-state index in [4.69, 9.17) is 23.2 Å². The van der Waals surface area contributed by atoms with Crippen LogP contribution in [0.5, 0.6) is 0 Å². The van der Waals surface area contributed by atoms with Gasteiger partial charge in [0, 0.05) is 12.6 Å². The maximum Gasteiger partial charge on any atom is 0.244 e. The van der Waals surface area contributed by atoms with Gasteiger partial charge in [0.2, 0.25) is 21.8 Å². The summed E-state index contributed by atoms with van der Waals surface area (Å²) >= 11 is 12.3. The first-order valence-corrected chi connectivity index (χ1v) is 14.7. The molecule has 0 heterocycles. The summed E-state index contributed by atoms with van der Waals surface area (Å²) in [6.45, 7) is 3.33. The molecule has 36 heavy (non-hydrogen) atoms. The van der Waals surface area contributed by atoms with Crippen molar-refractivity contribution in [1.82, 2.24) is 10.2 Å². The molecule has 1 aliphatic rings. The van der Waals surface area contributed by atoms with Gasteiger partial charge in [-0.1, -0.05) is 61.2 Å². The minimum absolute atomic E-state index is 0.0811. The quantitative estimate of drug-likeness (QED) is 0.451. The van der Waals surface area contributed by atoms with Gasteiger partial charge in [0.1, 0.15) is 12.6 Å². The molecule has 3 rings (SSSR count). The van der Waals surface area contributed by atoms with E-state index in [0.717, 1.165) is 41.8 Å². The van der Waals surface area contributed by atoms with Crippen LogP contribution in [0, 0.1) is 6.92 Å². The van der Waals surface area contributed by atoms with E-state index in [9.17, 15) is 18.0 Å². The molecule has 1 atom stereocenters. The minimum Gasteiger partial charge on any atom is -0.352 e. The van der Waals surface area contributed by atoms with E-state index in [1.54, 1.807) is 36.4 Å². The van der Waals surface area contributed by atoms with Gasteiger partial charge in [-0.3, -0.25) is 13.9 Å². The third-order valence-corrected chi connectivity index (χ3v) is 8.27. The van der Waals surface area contributed by atoms with Crippen molar-refractivity contribution in [3.8, 4) is 0 Å². The van der Waals surface area contributed by atoms with E-state index in [-0.39, 0.29) is 18.5 Å². The number of benzene rings is 2. The van der Waals surface area contributed by atoms with Gasteiger partial charge in [0.15, 0.2) is 0 Å². The molecule has 0 aromatic heterocycles. The molecule has 196 valence electrons. The molecule has 0 radical (unpaired) electrons. The zero-order chi connectivity index (χ0) is 26.5. The number of rotatable bonds is 10. The SMILES string of the molecule is CC[C@@H](C(=O)NC1CCCC1)N(Cc1ccc(Cl)c(Cl)c1)C(=O)CN(c1cccc(C)c1)S(C)(=O)=O. The summed E-state index contributed by atoms with van der Waals surface area (Å²) in [5, 5.41) is 3.80. The Morgan fingerprint density at radius 3 is 2.36 bits per heavy atom. The molecule has 0 aliphatic heterocycles. The van der Waals surface area contributed by atoms with Gasteiger partial charge < -0.3 is 10.2 Å². The maximum atomic E-state index is 13.7. The van der Waals surface area contributed by atoms with Crippen LogP contribution in [0.15, 0.2) is 42.5 Å². The Morgan fingerprint density at radius 1 is 1.08 bits per heavy atom. The van der Waals surface area contributed by atoms with Crippen molar-refractivity contribution in [2.75, 3.05) is 17.1 Å². The van der Waals surface area contributed by atoms with Crippen molar-refractivity contribution >= 4 is 50.7 Å². The van der Waals surface area contributed by atoms with E-state index in [2.05, 4.69) is 5.32 Å². The number of hydrogen-bond donors (Lipinski definition) is 1. The average Bonchev–Trinajstić information content (AvgIpc) is 3.31. The molecule has 0 saturated heterocycles. The number of nitrogens with zero attached hydrogens (tertiary/aromatic N) is 2. The summed E-state index contributed by atoms with van der Waals surface area (Å²) in [6.07, 6.45) is 5.39. The van der Waals surface area contributed by atoms with Crippen molar-refractivity contribution < 1.29 is 18.0 Å². The Kier molecular flexibility index (Phi) is 9.66. The third kappa shape index (κ3) is 7.37. The highest BCUT2D eigenvalue weighted by molar-refractivity contribution is 7.92. The lowest BCUT2D eigenvalue weighted by molar-refractivity contribution is -0.140. The molecule has 1 saturated carbocycles. The lowest BCUT2D eigenvalue weighted by atomic mass is 10.1. The molecule has 0 unspecified atom stereocenters. The second-order valence-corrected chi connectivity index (χ2v) is 12.0. The van der Waals surface area contributed by atoms with Gasteiger partial charge in [0.05, 0.1) is 22.0 Å². The van der Waals surface area contributed by atoms with E-state index in [1.807, 2.05) is 19.9 Å². The lowest BCUT2D eigenvalue weighted by Gasteiger charge is -2.33. The van der Waals surface area contributed by atoms with Crippen molar-refractivity contribution in [3.05, 3.63) is 63.6 Å². The maximum absolute atomic E-state index is 13.7. The number of hydrogen-bond acceptors (Lipinski definition) is 4. The van der Waals surface area contributed by atoms with Gasteiger partial charge >= 0.3 is 0 Å². The fourth-order valence-corrected chi connectivity index (χ4v) is 5.68. The minimum atomic E-state index is -3.77. The summed E-state index contributed by atoms with van der Waals surface area (Å²) < 4.78 is 26.5. The zero-order valence-electron chi connectivity index (χ0n) is 20.8. The Morgan fingerprint density at radius 2 is 1.78 bits per heavy atom. The number of sulfonamides is 1. The molecule has 2 amide bonds. The second kappa shape index (κ2) is 12.3. The first kappa shape index (κ1) is 28.3. The summed E-state index contributed by atoms with van der Waals surface area (Å²) in [6, 6.07) is 11.3. The molecule has 2 aromatic rings. The van der Waals surface area contributed by atoms with Crippen molar-refractivity contribution in [3.63, 3.8) is 0 Å². The Balaban J connectivity index is 1.94. The number of anilines is 1.